The lowest BCUT2D eigenvalue weighted by Crippen LogP contribution is -2.35. The van der Waals surface area contributed by atoms with Crippen molar-refractivity contribution in [1.82, 2.24) is 19.8 Å². The first-order valence-corrected chi connectivity index (χ1v) is 9.83. The molecule has 1 amide bonds. The number of hydrogen-bond acceptors (Lipinski definition) is 5. The van der Waals surface area contributed by atoms with E-state index in [1.807, 2.05) is 48.6 Å². The smallest absolute Gasteiger partial charge is 0.262 e. The van der Waals surface area contributed by atoms with E-state index in [1.165, 1.54) is 22.2 Å². The number of likely N-dealkylation sites (N-methyl/N-ethyl adjacent to an activating group) is 1. The summed E-state index contributed by atoms with van der Waals surface area (Å²) < 4.78 is 1.48. The van der Waals surface area contributed by atoms with Crippen molar-refractivity contribution in [3.63, 3.8) is 0 Å². The van der Waals surface area contributed by atoms with Crippen molar-refractivity contribution in [1.29, 1.82) is 0 Å². The van der Waals surface area contributed by atoms with Gasteiger partial charge in [0.25, 0.3) is 5.56 Å². The first kappa shape index (κ1) is 19.5. The molecule has 6 nitrogen and oxygen atoms in total. The van der Waals surface area contributed by atoms with Crippen molar-refractivity contribution in [2.45, 2.75) is 19.0 Å². The average molecular weight is 405 g/mol. The highest BCUT2D eigenvalue weighted by Crippen LogP contribution is 2.25. The highest BCUT2D eigenvalue weighted by Gasteiger charge is 2.18. The quantitative estimate of drug-likeness (QED) is 0.657. The summed E-state index contributed by atoms with van der Waals surface area (Å²) in [6.45, 7) is 0.731. The van der Waals surface area contributed by atoms with Gasteiger partial charge in [0.05, 0.1) is 17.8 Å². The molecule has 0 saturated heterocycles. The van der Waals surface area contributed by atoms with Gasteiger partial charge in [-0.15, -0.1) is 11.3 Å². The molecule has 0 spiro atoms. The first-order valence-electron chi connectivity index (χ1n) is 8.57. The van der Waals surface area contributed by atoms with Crippen LogP contribution in [0.5, 0.6) is 0 Å². The molecule has 2 heterocycles. The van der Waals surface area contributed by atoms with Crippen LogP contribution in [0, 0.1) is 0 Å². The zero-order chi connectivity index (χ0) is 19.4. The fourth-order valence-electron chi connectivity index (χ4n) is 2.89. The SMILES string of the molecule is CN(C)C(CNC(=O)CCn1cnc2sccc2c1=O)c1ccccc1Cl. The van der Waals surface area contributed by atoms with Crippen LogP contribution in [0.1, 0.15) is 18.0 Å². The Labute approximate surface area is 166 Å². The third-order valence-electron chi connectivity index (χ3n) is 4.41. The zero-order valence-corrected chi connectivity index (χ0v) is 16.8. The molecule has 0 bridgehead atoms. The van der Waals surface area contributed by atoms with Crippen LogP contribution in [0.3, 0.4) is 0 Å². The first-order chi connectivity index (χ1) is 13.0. The number of aromatic nitrogens is 2. The number of thiophene rings is 1. The van der Waals surface area contributed by atoms with Gasteiger partial charge in [-0.25, -0.2) is 4.98 Å². The standard InChI is InChI=1S/C19H21ClN4O2S/c1-23(2)16(13-5-3-4-6-15(13)20)11-21-17(25)7-9-24-12-22-18-14(19(24)26)8-10-27-18/h3-6,8,10,12,16H,7,9,11H2,1-2H3,(H,21,25). The van der Waals surface area contributed by atoms with Crippen LogP contribution in [-0.4, -0.2) is 41.0 Å². The van der Waals surface area contributed by atoms with Gasteiger partial charge in [-0.05, 0) is 37.2 Å². The normalized spacial score (nSPS) is 12.4. The number of halogens is 1. The summed E-state index contributed by atoms with van der Waals surface area (Å²) in [5.41, 5.74) is 0.851. The van der Waals surface area contributed by atoms with E-state index in [-0.39, 0.29) is 23.9 Å². The maximum absolute atomic E-state index is 12.4. The van der Waals surface area contributed by atoms with Crippen LogP contribution in [0.4, 0.5) is 0 Å². The number of nitrogens with zero attached hydrogens (tertiary/aromatic N) is 3. The fraction of sp³-hybridized carbons (Fsp3) is 0.316. The Morgan fingerprint density at radius 2 is 2.11 bits per heavy atom. The van der Waals surface area contributed by atoms with E-state index in [0.717, 1.165) is 5.56 Å². The molecule has 0 aliphatic carbocycles. The van der Waals surface area contributed by atoms with Gasteiger partial charge < -0.3 is 10.2 Å². The van der Waals surface area contributed by atoms with Crippen molar-refractivity contribution < 1.29 is 4.79 Å². The Balaban J connectivity index is 1.60. The minimum Gasteiger partial charge on any atom is -0.354 e. The van der Waals surface area contributed by atoms with Crippen molar-refractivity contribution in [3.8, 4) is 0 Å². The molecule has 1 unspecified atom stereocenters. The van der Waals surface area contributed by atoms with Crippen molar-refractivity contribution in [2.24, 2.45) is 0 Å². The van der Waals surface area contributed by atoms with Crippen molar-refractivity contribution in [2.75, 3.05) is 20.6 Å². The average Bonchev–Trinajstić information content (AvgIpc) is 3.12. The molecule has 0 saturated carbocycles. The molecule has 1 aromatic carbocycles. The van der Waals surface area contributed by atoms with Gasteiger partial charge in [0, 0.05) is 24.5 Å². The van der Waals surface area contributed by atoms with Crippen LogP contribution in [0.2, 0.25) is 5.02 Å². The predicted molar refractivity (Wildman–Crippen MR) is 109 cm³/mol. The van der Waals surface area contributed by atoms with Gasteiger partial charge >= 0.3 is 0 Å². The van der Waals surface area contributed by atoms with E-state index in [2.05, 4.69) is 10.3 Å². The van der Waals surface area contributed by atoms with E-state index in [1.54, 1.807) is 6.07 Å². The highest BCUT2D eigenvalue weighted by atomic mass is 35.5. The van der Waals surface area contributed by atoms with Crippen LogP contribution in [0.25, 0.3) is 10.2 Å². The van der Waals surface area contributed by atoms with Gasteiger partial charge in [0.1, 0.15) is 4.83 Å². The monoisotopic (exact) mass is 404 g/mol. The second kappa shape index (κ2) is 8.65. The summed E-state index contributed by atoms with van der Waals surface area (Å²) in [6, 6.07) is 9.34. The second-order valence-corrected chi connectivity index (χ2v) is 7.74. The van der Waals surface area contributed by atoms with E-state index in [0.29, 0.717) is 28.3 Å². The predicted octanol–water partition coefficient (Wildman–Crippen LogP) is 2.92. The lowest BCUT2D eigenvalue weighted by atomic mass is 10.1. The van der Waals surface area contributed by atoms with Gasteiger partial charge in [0.2, 0.25) is 5.91 Å². The number of rotatable bonds is 7. The molecule has 27 heavy (non-hydrogen) atoms. The molecule has 0 fully saturated rings. The number of carbonyl (C=O) groups is 1. The van der Waals surface area contributed by atoms with Crippen molar-refractivity contribution in [3.05, 3.63) is 63.0 Å². The largest absolute Gasteiger partial charge is 0.354 e. The van der Waals surface area contributed by atoms with Gasteiger partial charge in [-0.1, -0.05) is 29.8 Å². The summed E-state index contributed by atoms with van der Waals surface area (Å²) in [5.74, 6) is -0.119. The molecule has 3 rings (SSSR count). The lowest BCUT2D eigenvalue weighted by molar-refractivity contribution is -0.121. The van der Waals surface area contributed by atoms with E-state index in [9.17, 15) is 9.59 Å². The third kappa shape index (κ3) is 4.55. The summed E-state index contributed by atoms with van der Waals surface area (Å²) in [6.07, 6.45) is 1.71. The molecule has 0 aliphatic heterocycles. The van der Waals surface area contributed by atoms with E-state index in [4.69, 9.17) is 11.6 Å². The maximum Gasteiger partial charge on any atom is 0.262 e. The molecule has 1 atom stereocenters. The maximum atomic E-state index is 12.4. The van der Waals surface area contributed by atoms with Gasteiger partial charge in [-0.3, -0.25) is 14.2 Å². The van der Waals surface area contributed by atoms with E-state index < -0.39 is 0 Å². The topological polar surface area (TPSA) is 67.2 Å². The zero-order valence-electron chi connectivity index (χ0n) is 15.2. The van der Waals surface area contributed by atoms with Crippen LogP contribution in [-0.2, 0) is 11.3 Å². The fourth-order valence-corrected chi connectivity index (χ4v) is 3.87. The Morgan fingerprint density at radius 3 is 2.85 bits per heavy atom. The van der Waals surface area contributed by atoms with Crippen LogP contribution in [0.15, 0.2) is 46.8 Å². The van der Waals surface area contributed by atoms with Gasteiger partial charge in [0.15, 0.2) is 0 Å². The Bertz CT molecular complexity index is 999. The summed E-state index contributed by atoms with van der Waals surface area (Å²) >= 11 is 7.72. The molecule has 0 radical (unpaired) electrons. The molecule has 2 aromatic heterocycles. The molecule has 0 aliphatic rings. The summed E-state index contributed by atoms with van der Waals surface area (Å²) in [5, 5.41) is 6.04. The number of benzene rings is 1. The minimum atomic E-state index is -0.119. The molecule has 1 N–H and O–H groups in total. The Kier molecular flexibility index (Phi) is 6.26. The molecule has 8 heteroatoms. The number of aryl methyl sites for hydroxylation is 1. The van der Waals surface area contributed by atoms with Crippen molar-refractivity contribution >= 4 is 39.1 Å². The third-order valence-corrected chi connectivity index (χ3v) is 5.58. The number of fused-ring (bicyclic) bond motifs is 1. The second-order valence-electron chi connectivity index (χ2n) is 6.44. The number of nitrogens with one attached hydrogen (secondary N) is 1. The number of amides is 1. The minimum absolute atomic E-state index is 0.0332. The van der Waals surface area contributed by atoms with E-state index >= 15 is 0 Å². The molecule has 3 aromatic rings. The number of hydrogen-bond donors (Lipinski definition) is 1. The Morgan fingerprint density at radius 1 is 1.33 bits per heavy atom. The summed E-state index contributed by atoms with van der Waals surface area (Å²) in [7, 11) is 3.89. The molecular weight excluding hydrogens is 384 g/mol. The van der Waals surface area contributed by atoms with Crippen LogP contribution >= 0.6 is 22.9 Å². The van der Waals surface area contributed by atoms with Gasteiger partial charge in [-0.2, -0.15) is 0 Å². The van der Waals surface area contributed by atoms with Crippen LogP contribution < -0.4 is 10.9 Å². The summed E-state index contributed by atoms with van der Waals surface area (Å²) in [4.78, 5) is 31.6. The highest BCUT2D eigenvalue weighted by molar-refractivity contribution is 7.16. The molecular formula is C19H21ClN4O2S. The Hall–Kier alpha value is -2.22. The lowest BCUT2D eigenvalue weighted by Gasteiger charge is -2.26. The number of carbonyl (C=O) groups excluding carboxylic acids is 1. The molecule has 142 valence electrons.